The second kappa shape index (κ2) is 6.11. The number of nitrogens with zero attached hydrogens (tertiary/aromatic N) is 1. The zero-order valence-corrected chi connectivity index (χ0v) is 12.8. The first-order valence-electron chi connectivity index (χ1n) is 5.35. The molecule has 92 valence electrons. The smallest absolute Gasteiger partial charge is 0.0519 e. The molecule has 2 N–H and O–H groups in total. The van der Waals surface area contributed by atoms with Crippen LogP contribution in [0.4, 0.5) is 0 Å². The molecule has 2 aromatic heterocycles. The Morgan fingerprint density at radius 1 is 1.47 bits per heavy atom. The Hall–Kier alpha value is -0.200. The van der Waals surface area contributed by atoms with E-state index < -0.39 is 0 Å². The van der Waals surface area contributed by atoms with Gasteiger partial charge in [0, 0.05) is 32.7 Å². The molecule has 17 heavy (non-hydrogen) atoms. The minimum Gasteiger partial charge on any atom is -0.322 e. The first-order chi connectivity index (χ1) is 8.15. The summed E-state index contributed by atoms with van der Waals surface area (Å²) < 4.78 is 1.16. The molecule has 0 saturated heterocycles. The summed E-state index contributed by atoms with van der Waals surface area (Å²) in [5, 5.41) is 4.19. The maximum absolute atomic E-state index is 6.16. The van der Waals surface area contributed by atoms with Gasteiger partial charge in [-0.15, -0.1) is 22.7 Å². The normalized spacial score (nSPS) is 13.2. The van der Waals surface area contributed by atoms with Gasteiger partial charge < -0.3 is 5.73 Å². The highest BCUT2D eigenvalue weighted by atomic mass is 79.9. The number of hydrogen-bond donors (Lipinski definition) is 1. The van der Waals surface area contributed by atoms with E-state index in [0.29, 0.717) is 0 Å². The summed E-state index contributed by atoms with van der Waals surface area (Å²) in [6.45, 7) is 1.84. The monoisotopic (exact) mass is 330 g/mol. The molecule has 1 atom stereocenters. The van der Waals surface area contributed by atoms with Gasteiger partial charge in [0.25, 0.3) is 0 Å². The fraction of sp³-hybridized carbons (Fsp3) is 0.333. The summed E-state index contributed by atoms with van der Waals surface area (Å²) in [7, 11) is 2.11. The lowest BCUT2D eigenvalue weighted by atomic mass is 10.2. The van der Waals surface area contributed by atoms with Crippen LogP contribution in [0, 0.1) is 0 Å². The molecule has 0 radical (unpaired) electrons. The average molecular weight is 331 g/mol. The van der Waals surface area contributed by atoms with Crippen LogP contribution in [-0.4, -0.2) is 18.5 Å². The molecular weight excluding hydrogens is 316 g/mol. The lowest BCUT2D eigenvalue weighted by Gasteiger charge is -2.19. The van der Waals surface area contributed by atoms with Crippen molar-refractivity contribution < 1.29 is 0 Å². The number of likely N-dealkylation sites (N-methyl/N-ethyl adjacent to an activating group) is 1. The molecule has 1 unspecified atom stereocenters. The largest absolute Gasteiger partial charge is 0.322 e. The van der Waals surface area contributed by atoms with E-state index in [0.717, 1.165) is 17.6 Å². The highest BCUT2D eigenvalue weighted by Crippen LogP contribution is 2.22. The van der Waals surface area contributed by atoms with Crippen molar-refractivity contribution in [2.75, 3.05) is 13.6 Å². The Kier molecular flexibility index (Phi) is 4.76. The maximum Gasteiger partial charge on any atom is 0.0519 e. The van der Waals surface area contributed by atoms with Gasteiger partial charge in [0.1, 0.15) is 0 Å². The molecule has 2 aromatic rings. The van der Waals surface area contributed by atoms with Crippen LogP contribution in [0.15, 0.2) is 33.4 Å². The van der Waals surface area contributed by atoms with Crippen molar-refractivity contribution in [2.45, 2.75) is 12.6 Å². The summed E-state index contributed by atoms with van der Waals surface area (Å²) in [6.07, 6.45) is 0. The molecule has 0 spiro atoms. The molecule has 0 bridgehead atoms. The highest BCUT2D eigenvalue weighted by Gasteiger charge is 2.11. The van der Waals surface area contributed by atoms with Crippen molar-refractivity contribution in [3.63, 3.8) is 0 Å². The Morgan fingerprint density at radius 2 is 2.29 bits per heavy atom. The van der Waals surface area contributed by atoms with Gasteiger partial charge >= 0.3 is 0 Å². The van der Waals surface area contributed by atoms with Gasteiger partial charge in [-0.25, -0.2) is 0 Å². The lowest BCUT2D eigenvalue weighted by Crippen LogP contribution is -2.28. The fourth-order valence-corrected chi connectivity index (χ4v) is 3.95. The van der Waals surface area contributed by atoms with E-state index in [4.69, 9.17) is 5.73 Å². The van der Waals surface area contributed by atoms with Crippen LogP contribution in [0.3, 0.4) is 0 Å². The molecule has 0 aliphatic heterocycles. The molecule has 5 heteroatoms. The number of hydrogen-bond acceptors (Lipinski definition) is 4. The number of halogens is 1. The van der Waals surface area contributed by atoms with Crippen molar-refractivity contribution in [3.8, 4) is 0 Å². The molecule has 2 rings (SSSR count). The molecule has 0 saturated carbocycles. The first kappa shape index (κ1) is 13.2. The number of nitrogens with two attached hydrogens (primary N) is 1. The van der Waals surface area contributed by atoms with Gasteiger partial charge in [0.05, 0.1) is 6.04 Å². The second-order valence-electron chi connectivity index (χ2n) is 4.05. The molecular formula is C12H15BrN2S2. The Labute approximate surface area is 118 Å². The average Bonchev–Trinajstić information content (AvgIpc) is 2.89. The number of rotatable bonds is 5. The van der Waals surface area contributed by atoms with Crippen LogP contribution in [0.25, 0.3) is 0 Å². The Bertz CT molecular complexity index is 453. The van der Waals surface area contributed by atoms with E-state index >= 15 is 0 Å². The predicted molar refractivity (Wildman–Crippen MR) is 79.6 cm³/mol. The van der Waals surface area contributed by atoms with Crippen LogP contribution >= 0.6 is 38.6 Å². The summed E-state index contributed by atoms with van der Waals surface area (Å²) in [5.41, 5.74) is 6.16. The predicted octanol–water partition coefficient (Wildman–Crippen LogP) is 3.70. The highest BCUT2D eigenvalue weighted by molar-refractivity contribution is 9.10. The fourth-order valence-electron chi connectivity index (χ4n) is 1.70. The van der Waals surface area contributed by atoms with Crippen molar-refractivity contribution in [1.82, 2.24) is 4.90 Å². The van der Waals surface area contributed by atoms with E-state index in [1.54, 1.807) is 22.7 Å². The first-order valence-corrected chi connectivity index (χ1v) is 7.91. The standard InChI is InChI=1S/C12H15BrN2S2/c1-15(6-10-5-9(13)8-17-10)7-11(14)12-3-2-4-16-12/h2-5,8,11H,6-7,14H2,1H3. The molecule has 2 nitrogen and oxygen atoms in total. The van der Waals surface area contributed by atoms with Crippen LogP contribution in [0.1, 0.15) is 15.8 Å². The zero-order chi connectivity index (χ0) is 12.3. The molecule has 0 amide bonds. The summed E-state index contributed by atoms with van der Waals surface area (Å²) in [4.78, 5) is 4.88. The zero-order valence-electron chi connectivity index (χ0n) is 9.60. The van der Waals surface area contributed by atoms with Crippen LogP contribution in [0.5, 0.6) is 0 Å². The number of thiophene rings is 2. The van der Waals surface area contributed by atoms with Gasteiger partial charge in [0.15, 0.2) is 0 Å². The molecule has 0 aromatic carbocycles. The van der Waals surface area contributed by atoms with Gasteiger partial charge in [-0.2, -0.15) is 0 Å². The summed E-state index contributed by atoms with van der Waals surface area (Å²) in [6, 6.07) is 6.43. The summed E-state index contributed by atoms with van der Waals surface area (Å²) >= 11 is 6.98. The lowest BCUT2D eigenvalue weighted by molar-refractivity contribution is 0.309. The van der Waals surface area contributed by atoms with Crippen molar-refractivity contribution in [3.05, 3.63) is 43.2 Å². The van der Waals surface area contributed by atoms with E-state index in [2.05, 4.69) is 56.8 Å². The van der Waals surface area contributed by atoms with E-state index in [9.17, 15) is 0 Å². The van der Waals surface area contributed by atoms with Gasteiger partial charge in [0.2, 0.25) is 0 Å². The van der Waals surface area contributed by atoms with E-state index in [1.165, 1.54) is 9.75 Å². The maximum atomic E-state index is 6.16. The second-order valence-corrected chi connectivity index (χ2v) is 6.94. The van der Waals surface area contributed by atoms with Crippen LogP contribution < -0.4 is 5.73 Å². The summed E-state index contributed by atoms with van der Waals surface area (Å²) in [5.74, 6) is 0. The van der Waals surface area contributed by atoms with Crippen molar-refractivity contribution in [1.29, 1.82) is 0 Å². The van der Waals surface area contributed by atoms with Crippen molar-refractivity contribution in [2.24, 2.45) is 5.73 Å². The minimum atomic E-state index is 0.114. The van der Waals surface area contributed by atoms with Crippen molar-refractivity contribution >= 4 is 38.6 Å². The van der Waals surface area contributed by atoms with Crippen LogP contribution in [0.2, 0.25) is 0 Å². The third-order valence-corrected chi connectivity index (χ3v) is 5.15. The van der Waals surface area contributed by atoms with Gasteiger partial charge in [-0.3, -0.25) is 4.90 Å². The molecule has 0 aliphatic rings. The molecule has 0 fully saturated rings. The van der Waals surface area contributed by atoms with Gasteiger partial charge in [-0.1, -0.05) is 6.07 Å². The topological polar surface area (TPSA) is 29.3 Å². The van der Waals surface area contributed by atoms with Crippen LogP contribution in [-0.2, 0) is 6.54 Å². The third kappa shape index (κ3) is 3.89. The third-order valence-electron chi connectivity index (χ3n) is 2.46. The molecule has 0 aliphatic carbocycles. The van der Waals surface area contributed by atoms with E-state index in [1.807, 2.05) is 0 Å². The Morgan fingerprint density at radius 3 is 2.88 bits per heavy atom. The molecule has 2 heterocycles. The van der Waals surface area contributed by atoms with Gasteiger partial charge in [-0.05, 0) is 40.5 Å². The Balaban J connectivity index is 1.87. The quantitative estimate of drug-likeness (QED) is 0.905. The van der Waals surface area contributed by atoms with E-state index in [-0.39, 0.29) is 6.04 Å². The minimum absolute atomic E-state index is 0.114. The SMILES string of the molecule is CN(Cc1cc(Br)cs1)CC(N)c1cccs1.